The number of hydrogen-bond acceptors (Lipinski definition) is 4. The van der Waals surface area contributed by atoms with Gasteiger partial charge < -0.3 is 4.74 Å². The van der Waals surface area contributed by atoms with E-state index in [-0.39, 0.29) is 12.2 Å². The van der Waals surface area contributed by atoms with Crippen molar-refractivity contribution in [2.24, 2.45) is 0 Å². The van der Waals surface area contributed by atoms with Gasteiger partial charge in [0.15, 0.2) is 0 Å². The Morgan fingerprint density at radius 2 is 1.61 bits per heavy atom. The molecular weight excluding hydrogens is 499 g/mol. The van der Waals surface area contributed by atoms with Crippen molar-refractivity contribution in [3.05, 3.63) is 112 Å². The second kappa shape index (κ2) is 9.85. The molecule has 0 bridgehead atoms. The average Bonchev–Trinajstić information content (AvgIpc) is 2.87. The van der Waals surface area contributed by atoms with Crippen molar-refractivity contribution in [2.75, 3.05) is 4.90 Å². The van der Waals surface area contributed by atoms with Crippen molar-refractivity contribution >= 4 is 63.6 Å². The van der Waals surface area contributed by atoms with Gasteiger partial charge in [0.05, 0.1) is 5.69 Å². The van der Waals surface area contributed by atoms with Crippen LogP contribution in [-0.4, -0.2) is 17.8 Å². The molecule has 5 rings (SSSR count). The van der Waals surface area contributed by atoms with Gasteiger partial charge in [-0.15, -0.1) is 0 Å². The van der Waals surface area contributed by atoms with Crippen LogP contribution in [0.25, 0.3) is 16.8 Å². The van der Waals surface area contributed by atoms with Gasteiger partial charge in [0.25, 0.3) is 11.8 Å². The summed E-state index contributed by atoms with van der Waals surface area (Å²) >= 11 is 12.1. The second-order valence-electron chi connectivity index (χ2n) is 8.04. The van der Waals surface area contributed by atoms with E-state index in [1.807, 2.05) is 42.5 Å². The molecule has 1 fully saturated rings. The van der Waals surface area contributed by atoms with Crippen molar-refractivity contribution in [1.82, 2.24) is 5.32 Å². The summed E-state index contributed by atoms with van der Waals surface area (Å²) in [7, 11) is 0. The number of nitrogens with zero attached hydrogens (tertiary/aromatic N) is 1. The highest BCUT2D eigenvalue weighted by Crippen LogP contribution is 2.27. The predicted molar refractivity (Wildman–Crippen MR) is 140 cm³/mol. The van der Waals surface area contributed by atoms with Gasteiger partial charge in [-0.05, 0) is 58.8 Å². The molecule has 0 radical (unpaired) electrons. The number of hydrogen-bond donors (Lipinski definition) is 1. The number of nitrogens with one attached hydrogen (secondary N) is 1. The van der Waals surface area contributed by atoms with Gasteiger partial charge in [-0.3, -0.25) is 14.9 Å². The minimum absolute atomic E-state index is 0.136. The smallest absolute Gasteiger partial charge is 0.335 e. The molecule has 6 nitrogen and oxygen atoms in total. The number of anilines is 1. The number of ether oxygens (including phenoxy) is 1. The van der Waals surface area contributed by atoms with Gasteiger partial charge in [0, 0.05) is 15.6 Å². The lowest BCUT2D eigenvalue weighted by Gasteiger charge is -2.26. The Morgan fingerprint density at radius 3 is 2.39 bits per heavy atom. The fraction of sp³-hybridized carbons (Fsp3) is 0.0357. The van der Waals surface area contributed by atoms with Crippen molar-refractivity contribution < 1.29 is 19.1 Å². The first-order chi connectivity index (χ1) is 17.4. The van der Waals surface area contributed by atoms with Gasteiger partial charge in [-0.25, -0.2) is 9.69 Å². The zero-order chi connectivity index (χ0) is 25.2. The summed E-state index contributed by atoms with van der Waals surface area (Å²) in [6.07, 6.45) is 1.51. The van der Waals surface area contributed by atoms with Crippen molar-refractivity contribution in [1.29, 1.82) is 0 Å². The van der Waals surface area contributed by atoms with E-state index < -0.39 is 17.8 Å². The molecule has 4 aromatic rings. The third-order valence-electron chi connectivity index (χ3n) is 5.73. The first kappa shape index (κ1) is 23.6. The molecule has 0 saturated carbocycles. The molecule has 1 aliphatic heterocycles. The molecule has 1 saturated heterocycles. The van der Waals surface area contributed by atoms with Crippen LogP contribution in [-0.2, 0) is 16.2 Å². The van der Waals surface area contributed by atoms with E-state index in [0.717, 1.165) is 21.2 Å². The number of carbonyl (C=O) groups is 3. The molecular formula is C28H18Cl2N2O4. The zero-order valence-electron chi connectivity index (χ0n) is 18.7. The number of benzene rings is 4. The number of barbiturate groups is 1. The number of amides is 4. The average molecular weight is 517 g/mol. The molecule has 36 heavy (non-hydrogen) atoms. The number of imide groups is 2. The van der Waals surface area contributed by atoms with Crippen molar-refractivity contribution in [2.45, 2.75) is 6.61 Å². The fourth-order valence-electron chi connectivity index (χ4n) is 3.92. The molecule has 0 aliphatic carbocycles. The minimum atomic E-state index is -0.818. The summed E-state index contributed by atoms with van der Waals surface area (Å²) in [5.41, 5.74) is 1.62. The molecule has 4 amide bonds. The van der Waals surface area contributed by atoms with E-state index in [0.29, 0.717) is 27.0 Å². The Kier molecular flexibility index (Phi) is 6.46. The molecule has 0 unspecified atom stereocenters. The van der Waals surface area contributed by atoms with Crippen LogP contribution in [0.4, 0.5) is 10.5 Å². The molecule has 4 aromatic carbocycles. The molecule has 1 heterocycles. The Labute approximate surface area is 216 Å². The zero-order valence-corrected chi connectivity index (χ0v) is 20.2. The molecule has 178 valence electrons. The maximum atomic E-state index is 13.3. The number of rotatable bonds is 5. The molecule has 8 heteroatoms. The first-order valence-electron chi connectivity index (χ1n) is 11.0. The number of halogens is 2. The minimum Gasteiger partial charge on any atom is -0.489 e. The molecule has 0 spiro atoms. The number of fused-ring (bicyclic) bond motifs is 1. The lowest BCUT2D eigenvalue weighted by atomic mass is 10.0. The van der Waals surface area contributed by atoms with Crippen molar-refractivity contribution in [3.8, 4) is 5.75 Å². The molecule has 1 N–H and O–H groups in total. The Morgan fingerprint density at radius 1 is 0.861 bits per heavy atom. The van der Waals surface area contributed by atoms with Crippen LogP contribution < -0.4 is 15.0 Å². The molecule has 0 aromatic heterocycles. The third-order valence-corrected chi connectivity index (χ3v) is 6.32. The maximum absolute atomic E-state index is 13.3. The lowest BCUT2D eigenvalue weighted by molar-refractivity contribution is -0.122. The summed E-state index contributed by atoms with van der Waals surface area (Å²) in [5.74, 6) is -0.940. The fourth-order valence-corrected chi connectivity index (χ4v) is 4.38. The van der Waals surface area contributed by atoms with E-state index in [9.17, 15) is 14.4 Å². The summed E-state index contributed by atoms with van der Waals surface area (Å²) in [4.78, 5) is 39.3. The predicted octanol–water partition coefficient (Wildman–Crippen LogP) is 6.39. The summed E-state index contributed by atoms with van der Waals surface area (Å²) in [5, 5.41) is 5.13. The van der Waals surface area contributed by atoms with Crippen molar-refractivity contribution in [3.63, 3.8) is 0 Å². The maximum Gasteiger partial charge on any atom is 0.335 e. The quantitative estimate of drug-likeness (QED) is 0.246. The van der Waals surface area contributed by atoms with Crippen LogP contribution in [0, 0.1) is 0 Å². The van der Waals surface area contributed by atoms with Gasteiger partial charge in [0.2, 0.25) is 0 Å². The summed E-state index contributed by atoms with van der Waals surface area (Å²) < 4.78 is 5.77. The van der Waals surface area contributed by atoms with Gasteiger partial charge in [-0.1, -0.05) is 71.7 Å². The normalized spacial score (nSPS) is 14.9. The Hall–Kier alpha value is -4.13. The van der Waals surface area contributed by atoms with E-state index >= 15 is 0 Å². The SMILES string of the molecule is O=C1NC(=O)N(c2ccc(OCc3ccc(Cl)cc3Cl)cc2)C(=O)/C1=C/c1cccc2ccccc12. The third kappa shape index (κ3) is 4.69. The Balaban J connectivity index is 1.39. The second-order valence-corrected chi connectivity index (χ2v) is 8.89. The Bertz CT molecular complexity index is 1540. The van der Waals surface area contributed by atoms with Gasteiger partial charge in [0.1, 0.15) is 17.9 Å². The summed E-state index contributed by atoms with van der Waals surface area (Å²) in [6.45, 7) is 0.213. The van der Waals surface area contributed by atoms with Crippen LogP contribution in [0.15, 0.2) is 90.5 Å². The van der Waals surface area contributed by atoms with E-state index in [1.165, 1.54) is 6.08 Å². The van der Waals surface area contributed by atoms with Crippen LogP contribution in [0.5, 0.6) is 5.75 Å². The van der Waals surface area contributed by atoms with Crippen LogP contribution in [0.3, 0.4) is 0 Å². The topological polar surface area (TPSA) is 75.7 Å². The number of urea groups is 1. The molecule has 1 aliphatic rings. The van der Waals surface area contributed by atoms with E-state index in [2.05, 4.69) is 5.32 Å². The van der Waals surface area contributed by atoms with Crippen LogP contribution >= 0.6 is 23.2 Å². The summed E-state index contributed by atoms with van der Waals surface area (Å²) in [6, 6.07) is 24.0. The van der Waals surface area contributed by atoms with Crippen LogP contribution in [0.1, 0.15) is 11.1 Å². The largest absolute Gasteiger partial charge is 0.489 e. The highest BCUT2D eigenvalue weighted by Gasteiger charge is 2.36. The standard InChI is InChI=1S/C28H18Cl2N2O4/c29-20-9-8-19(25(30)15-20)16-36-22-12-10-21(11-13-22)32-27(34)24(26(33)31-28(32)35)14-18-6-3-5-17-4-1-2-7-23(17)18/h1-15H,16H2,(H,31,33,35)/b24-14+. The van der Waals surface area contributed by atoms with Gasteiger partial charge in [-0.2, -0.15) is 0 Å². The highest BCUT2D eigenvalue weighted by atomic mass is 35.5. The highest BCUT2D eigenvalue weighted by molar-refractivity contribution is 6.39. The monoisotopic (exact) mass is 516 g/mol. The van der Waals surface area contributed by atoms with E-state index in [4.69, 9.17) is 27.9 Å². The van der Waals surface area contributed by atoms with Crippen LogP contribution in [0.2, 0.25) is 10.0 Å². The van der Waals surface area contributed by atoms with E-state index in [1.54, 1.807) is 42.5 Å². The lowest BCUT2D eigenvalue weighted by Crippen LogP contribution is -2.54. The molecule has 0 atom stereocenters. The first-order valence-corrected chi connectivity index (χ1v) is 11.7. The number of carbonyl (C=O) groups excluding carboxylic acids is 3. The van der Waals surface area contributed by atoms with Gasteiger partial charge >= 0.3 is 6.03 Å².